The average molecular weight is 254 g/mol. The summed E-state index contributed by atoms with van der Waals surface area (Å²) in [5.41, 5.74) is 0. The number of likely N-dealkylation sites (tertiary alicyclic amines) is 1. The molecule has 0 aromatic rings. The van der Waals surface area contributed by atoms with Gasteiger partial charge in [-0.15, -0.1) is 0 Å². The molecule has 18 heavy (non-hydrogen) atoms. The van der Waals surface area contributed by atoms with Crippen molar-refractivity contribution in [3.8, 4) is 0 Å². The van der Waals surface area contributed by atoms with Gasteiger partial charge in [0, 0.05) is 27.2 Å². The molecule has 2 fully saturated rings. The van der Waals surface area contributed by atoms with Gasteiger partial charge in [0.05, 0.1) is 0 Å². The van der Waals surface area contributed by atoms with Crippen molar-refractivity contribution in [1.29, 1.82) is 0 Å². The summed E-state index contributed by atoms with van der Waals surface area (Å²) in [6, 6.07) is 0.189. The Kier molecular flexibility index (Phi) is 5.97. The van der Waals surface area contributed by atoms with Crippen LogP contribution in [0.2, 0.25) is 0 Å². The number of unbranched alkanes of at least 4 members (excludes halogenated alkanes) is 1. The van der Waals surface area contributed by atoms with Crippen LogP contribution in [0.1, 0.15) is 46.5 Å². The Morgan fingerprint density at radius 2 is 1.56 bits per heavy atom. The average Bonchev–Trinajstić information content (AvgIpc) is 2.59. The maximum absolute atomic E-state index is 11.8. The number of amides is 2. The number of fused-ring (bicyclic) bond motifs is 2. The second-order valence-electron chi connectivity index (χ2n) is 6.04. The second-order valence-corrected chi connectivity index (χ2v) is 6.04. The summed E-state index contributed by atoms with van der Waals surface area (Å²) < 4.78 is 0. The molecule has 1 heterocycles. The van der Waals surface area contributed by atoms with Crippen LogP contribution in [0, 0.1) is 17.8 Å². The standard InChI is InChI=1S/C11H20N2O.C4H10/c1-8-9-4-5-10(8)7-13(6-9)11(14)12(2)3;1-3-4-2/h8-10H,4-7H2,1-3H3;3-4H2,1-2H3. The van der Waals surface area contributed by atoms with Gasteiger partial charge in [0.1, 0.15) is 0 Å². The number of nitrogens with zero attached hydrogens (tertiary/aromatic N) is 2. The molecule has 0 aromatic heterocycles. The van der Waals surface area contributed by atoms with Gasteiger partial charge in [0.25, 0.3) is 0 Å². The highest BCUT2D eigenvalue weighted by atomic mass is 16.2. The first-order valence-corrected chi connectivity index (χ1v) is 7.47. The van der Waals surface area contributed by atoms with E-state index in [-0.39, 0.29) is 6.03 Å². The number of hydrogen-bond acceptors (Lipinski definition) is 1. The van der Waals surface area contributed by atoms with Gasteiger partial charge in [0.15, 0.2) is 0 Å². The van der Waals surface area contributed by atoms with Crippen LogP contribution >= 0.6 is 0 Å². The molecular weight excluding hydrogens is 224 g/mol. The van der Waals surface area contributed by atoms with Gasteiger partial charge >= 0.3 is 6.03 Å². The number of carbonyl (C=O) groups excluding carboxylic acids is 1. The lowest BCUT2D eigenvalue weighted by Crippen LogP contribution is -2.48. The summed E-state index contributed by atoms with van der Waals surface area (Å²) >= 11 is 0. The van der Waals surface area contributed by atoms with Gasteiger partial charge in [-0.1, -0.05) is 33.6 Å². The fraction of sp³-hybridized carbons (Fsp3) is 0.933. The van der Waals surface area contributed by atoms with E-state index in [1.54, 1.807) is 4.90 Å². The lowest BCUT2D eigenvalue weighted by molar-refractivity contribution is 0.114. The smallest absolute Gasteiger partial charge is 0.319 e. The Hall–Kier alpha value is -0.730. The molecule has 3 nitrogen and oxygen atoms in total. The molecule has 2 bridgehead atoms. The van der Waals surface area contributed by atoms with Crippen LogP contribution in [0.3, 0.4) is 0 Å². The molecule has 3 heteroatoms. The molecule has 0 aromatic carbocycles. The molecule has 0 spiro atoms. The summed E-state index contributed by atoms with van der Waals surface area (Å²) in [5, 5.41) is 0. The molecule has 2 unspecified atom stereocenters. The highest BCUT2D eigenvalue weighted by molar-refractivity contribution is 5.74. The van der Waals surface area contributed by atoms with E-state index in [1.165, 1.54) is 25.7 Å². The maximum atomic E-state index is 11.8. The lowest BCUT2D eigenvalue weighted by Gasteiger charge is -2.37. The monoisotopic (exact) mass is 254 g/mol. The topological polar surface area (TPSA) is 23.6 Å². The van der Waals surface area contributed by atoms with Crippen molar-refractivity contribution in [1.82, 2.24) is 9.80 Å². The zero-order chi connectivity index (χ0) is 13.7. The molecule has 106 valence electrons. The van der Waals surface area contributed by atoms with Crippen LogP contribution in [0.4, 0.5) is 4.79 Å². The zero-order valence-corrected chi connectivity index (χ0v) is 12.8. The SMILES string of the molecule is CC1C2CCC1CN(C(=O)N(C)C)C2.CCCC. The molecule has 2 amide bonds. The minimum absolute atomic E-state index is 0.189. The molecule has 2 rings (SSSR count). The summed E-state index contributed by atoms with van der Waals surface area (Å²) in [6.45, 7) is 8.67. The first-order chi connectivity index (χ1) is 8.51. The third kappa shape index (κ3) is 3.63. The fourth-order valence-electron chi connectivity index (χ4n) is 2.93. The van der Waals surface area contributed by atoms with Gasteiger partial charge in [0.2, 0.25) is 0 Å². The van der Waals surface area contributed by atoms with E-state index >= 15 is 0 Å². The highest BCUT2D eigenvalue weighted by Crippen LogP contribution is 2.41. The van der Waals surface area contributed by atoms with E-state index in [0.717, 1.165) is 30.8 Å². The Morgan fingerprint density at radius 3 is 1.89 bits per heavy atom. The van der Waals surface area contributed by atoms with E-state index in [0.29, 0.717) is 0 Å². The number of urea groups is 1. The van der Waals surface area contributed by atoms with E-state index < -0.39 is 0 Å². The van der Waals surface area contributed by atoms with Crippen molar-refractivity contribution >= 4 is 6.03 Å². The van der Waals surface area contributed by atoms with Crippen molar-refractivity contribution in [2.45, 2.75) is 46.5 Å². The Balaban J connectivity index is 0.000000357. The molecule has 0 radical (unpaired) electrons. The Bertz CT molecular complexity index is 249. The van der Waals surface area contributed by atoms with E-state index in [4.69, 9.17) is 0 Å². The van der Waals surface area contributed by atoms with Gasteiger partial charge in [-0.3, -0.25) is 0 Å². The van der Waals surface area contributed by atoms with Gasteiger partial charge in [-0.05, 0) is 30.6 Å². The molecule has 1 aliphatic heterocycles. The molecule has 1 aliphatic carbocycles. The van der Waals surface area contributed by atoms with Crippen LogP contribution in [-0.4, -0.2) is 43.0 Å². The first kappa shape index (κ1) is 15.3. The predicted octanol–water partition coefficient (Wildman–Crippen LogP) is 3.45. The highest BCUT2D eigenvalue weighted by Gasteiger charge is 2.40. The number of piperidine rings is 1. The van der Waals surface area contributed by atoms with Crippen LogP contribution in [-0.2, 0) is 0 Å². The van der Waals surface area contributed by atoms with E-state index in [9.17, 15) is 4.79 Å². The van der Waals surface area contributed by atoms with Crippen molar-refractivity contribution in [2.75, 3.05) is 27.2 Å². The second kappa shape index (κ2) is 7.01. The molecule has 0 N–H and O–H groups in total. The third-order valence-electron chi connectivity index (χ3n) is 4.46. The van der Waals surface area contributed by atoms with Crippen LogP contribution in [0.15, 0.2) is 0 Å². The van der Waals surface area contributed by atoms with Crippen molar-refractivity contribution in [2.24, 2.45) is 17.8 Å². The summed E-state index contributed by atoms with van der Waals surface area (Å²) in [5.74, 6) is 2.36. The predicted molar refractivity (Wildman–Crippen MR) is 76.6 cm³/mol. The van der Waals surface area contributed by atoms with Gasteiger partial charge in [-0.2, -0.15) is 0 Å². The summed E-state index contributed by atoms with van der Waals surface area (Å²) in [4.78, 5) is 15.5. The normalized spacial score (nSPS) is 29.6. The first-order valence-electron chi connectivity index (χ1n) is 7.47. The zero-order valence-electron chi connectivity index (χ0n) is 12.8. The fourth-order valence-corrected chi connectivity index (χ4v) is 2.93. The summed E-state index contributed by atoms with van der Waals surface area (Å²) in [6.07, 6.45) is 5.28. The number of rotatable bonds is 1. The van der Waals surface area contributed by atoms with Crippen LogP contribution < -0.4 is 0 Å². The van der Waals surface area contributed by atoms with E-state index in [1.807, 2.05) is 19.0 Å². The van der Waals surface area contributed by atoms with Crippen molar-refractivity contribution in [3.05, 3.63) is 0 Å². The van der Waals surface area contributed by atoms with Gasteiger partial charge < -0.3 is 9.80 Å². The van der Waals surface area contributed by atoms with Gasteiger partial charge in [-0.25, -0.2) is 4.79 Å². The Labute approximate surface area is 113 Å². The lowest BCUT2D eigenvalue weighted by atomic mass is 9.87. The molecule has 2 aliphatic rings. The van der Waals surface area contributed by atoms with Crippen LogP contribution in [0.25, 0.3) is 0 Å². The quantitative estimate of drug-likeness (QED) is 0.703. The van der Waals surface area contributed by atoms with Crippen LogP contribution in [0.5, 0.6) is 0 Å². The number of carbonyl (C=O) groups is 1. The maximum Gasteiger partial charge on any atom is 0.319 e. The molecular formula is C15H30N2O. The van der Waals surface area contributed by atoms with E-state index in [2.05, 4.69) is 20.8 Å². The Morgan fingerprint density at radius 1 is 1.11 bits per heavy atom. The molecule has 2 atom stereocenters. The minimum Gasteiger partial charge on any atom is -0.331 e. The summed E-state index contributed by atoms with van der Waals surface area (Å²) in [7, 11) is 3.67. The van der Waals surface area contributed by atoms with Crippen molar-refractivity contribution < 1.29 is 4.79 Å². The molecule has 1 saturated carbocycles. The number of hydrogen-bond donors (Lipinski definition) is 0. The van der Waals surface area contributed by atoms with Crippen molar-refractivity contribution in [3.63, 3.8) is 0 Å². The largest absolute Gasteiger partial charge is 0.331 e. The molecule has 1 saturated heterocycles. The third-order valence-corrected chi connectivity index (χ3v) is 4.46. The minimum atomic E-state index is 0.189.